The van der Waals surface area contributed by atoms with E-state index in [2.05, 4.69) is 10.1 Å². The number of para-hydroxylation sites is 1. The van der Waals surface area contributed by atoms with Crippen molar-refractivity contribution in [3.05, 3.63) is 69.3 Å². The molecule has 8 heteroatoms. The molecule has 158 valence electrons. The van der Waals surface area contributed by atoms with E-state index < -0.39 is 11.6 Å². The molecule has 1 aromatic heterocycles. The zero-order chi connectivity index (χ0) is 21.9. The summed E-state index contributed by atoms with van der Waals surface area (Å²) in [4.78, 5) is 31.7. The summed E-state index contributed by atoms with van der Waals surface area (Å²) in [5.41, 5.74) is 2.92. The van der Waals surface area contributed by atoms with E-state index in [0.717, 1.165) is 22.2 Å². The van der Waals surface area contributed by atoms with E-state index in [1.807, 2.05) is 38.1 Å². The third-order valence-corrected chi connectivity index (χ3v) is 6.82. The highest BCUT2D eigenvalue weighted by Crippen LogP contribution is 2.42. The molecule has 1 N–H and O–H groups in total. The summed E-state index contributed by atoms with van der Waals surface area (Å²) in [5, 5.41) is 7.44. The van der Waals surface area contributed by atoms with Gasteiger partial charge in [-0.25, -0.2) is 5.01 Å². The minimum Gasteiger partial charge on any atom is -0.356 e. The van der Waals surface area contributed by atoms with Crippen LogP contribution < -0.4 is 0 Å². The Kier molecular flexibility index (Phi) is 4.61. The number of aromatic amines is 1. The summed E-state index contributed by atoms with van der Waals surface area (Å²) in [6.45, 7) is 3.81. The number of piperazine rings is 1. The van der Waals surface area contributed by atoms with E-state index in [9.17, 15) is 9.59 Å². The maximum atomic E-state index is 13.4. The van der Waals surface area contributed by atoms with Gasteiger partial charge in [-0.05, 0) is 37.6 Å². The molecule has 5 rings (SSSR count). The number of nitrogens with one attached hydrogen (secondary N) is 1. The van der Waals surface area contributed by atoms with Crippen molar-refractivity contribution in [3.8, 4) is 0 Å². The number of carbonyl (C=O) groups is 2. The first kappa shape index (κ1) is 20.1. The van der Waals surface area contributed by atoms with Crippen molar-refractivity contribution in [2.75, 3.05) is 6.54 Å². The van der Waals surface area contributed by atoms with E-state index in [1.165, 1.54) is 11.2 Å². The molecule has 31 heavy (non-hydrogen) atoms. The van der Waals surface area contributed by atoms with Gasteiger partial charge < -0.3 is 9.88 Å². The molecule has 2 aliphatic rings. The standard InChI is InChI=1S/C23H20Cl2N4O2/c1-23(2)21-14(13-6-3-4-9-18(13)27-21)10-19-22(31)28(12-20(30)29(19)23)26-11-15-16(24)7-5-8-17(15)25/h3-9,11,19,27H,10,12H2,1-2H3/b26-11-/t19-/m0/s1. The van der Waals surface area contributed by atoms with Crippen molar-refractivity contribution in [1.82, 2.24) is 14.9 Å². The quantitative estimate of drug-likeness (QED) is 0.585. The zero-order valence-electron chi connectivity index (χ0n) is 17.0. The number of halogens is 2. The highest BCUT2D eigenvalue weighted by Gasteiger charge is 2.51. The lowest BCUT2D eigenvalue weighted by Crippen LogP contribution is -2.66. The van der Waals surface area contributed by atoms with Crippen molar-refractivity contribution in [3.63, 3.8) is 0 Å². The Morgan fingerprint density at radius 2 is 1.81 bits per heavy atom. The van der Waals surface area contributed by atoms with Gasteiger partial charge in [0.1, 0.15) is 12.6 Å². The lowest BCUT2D eigenvalue weighted by molar-refractivity contribution is -0.163. The summed E-state index contributed by atoms with van der Waals surface area (Å²) in [5.74, 6) is -0.371. The van der Waals surface area contributed by atoms with Crippen LogP contribution in [0.4, 0.5) is 0 Å². The molecule has 0 unspecified atom stereocenters. The van der Waals surface area contributed by atoms with Crippen molar-refractivity contribution in [2.45, 2.75) is 31.8 Å². The van der Waals surface area contributed by atoms with Crippen molar-refractivity contribution in [2.24, 2.45) is 5.10 Å². The van der Waals surface area contributed by atoms with Crippen LogP contribution in [0.1, 0.15) is 30.7 Å². The van der Waals surface area contributed by atoms with Gasteiger partial charge in [0, 0.05) is 28.6 Å². The Labute approximate surface area is 189 Å². The monoisotopic (exact) mass is 454 g/mol. The fourth-order valence-corrected chi connectivity index (χ4v) is 5.22. The number of nitrogens with zero attached hydrogens (tertiary/aromatic N) is 3. The van der Waals surface area contributed by atoms with Crippen LogP contribution >= 0.6 is 23.2 Å². The third kappa shape index (κ3) is 3.05. The molecular weight excluding hydrogens is 435 g/mol. The average molecular weight is 455 g/mol. The van der Waals surface area contributed by atoms with Gasteiger partial charge in [-0.3, -0.25) is 9.59 Å². The molecule has 0 radical (unpaired) electrons. The molecule has 1 atom stereocenters. The first-order chi connectivity index (χ1) is 14.8. The number of hydrazone groups is 1. The van der Waals surface area contributed by atoms with E-state index in [1.54, 1.807) is 23.1 Å². The minimum absolute atomic E-state index is 0.132. The number of carbonyl (C=O) groups excluding carboxylic acids is 2. The van der Waals surface area contributed by atoms with Gasteiger partial charge in [0.25, 0.3) is 5.91 Å². The number of hydrogen-bond donors (Lipinski definition) is 1. The molecule has 1 fully saturated rings. The maximum absolute atomic E-state index is 13.4. The second kappa shape index (κ2) is 7.11. The largest absolute Gasteiger partial charge is 0.356 e. The molecule has 2 amide bonds. The van der Waals surface area contributed by atoms with Crippen LogP contribution in [0.15, 0.2) is 47.6 Å². The molecule has 2 aliphatic heterocycles. The van der Waals surface area contributed by atoms with Crippen LogP contribution in [-0.2, 0) is 21.5 Å². The van der Waals surface area contributed by atoms with E-state index in [4.69, 9.17) is 23.2 Å². The number of rotatable bonds is 2. The summed E-state index contributed by atoms with van der Waals surface area (Å²) in [6, 6.07) is 12.5. The van der Waals surface area contributed by atoms with E-state index in [0.29, 0.717) is 22.0 Å². The van der Waals surface area contributed by atoms with Gasteiger partial charge in [-0.2, -0.15) is 5.10 Å². The number of H-pyrrole nitrogens is 1. The van der Waals surface area contributed by atoms with Crippen molar-refractivity contribution in [1.29, 1.82) is 0 Å². The lowest BCUT2D eigenvalue weighted by Gasteiger charge is -2.50. The summed E-state index contributed by atoms with van der Waals surface area (Å²) in [6.07, 6.45) is 1.88. The van der Waals surface area contributed by atoms with Crippen LogP contribution in [0, 0.1) is 0 Å². The normalized spacial score (nSPS) is 20.5. The van der Waals surface area contributed by atoms with E-state index in [-0.39, 0.29) is 18.4 Å². The second-order valence-corrected chi connectivity index (χ2v) is 9.16. The second-order valence-electron chi connectivity index (χ2n) is 8.34. The highest BCUT2D eigenvalue weighted by molar-refractivity contribution is 6.38. The van der Waals surface area contributed by atoms with Crippen LogP contribution in [0.25, 0.3) is 10.9 Å². The van der Waals surface area contributed by atoms with Gasteiger partial charge in [-0.1, -0.05) is 47.5 Å². The van der Waals surface area contributed by atoms with Crippen molar-refractivity contribution < 1.29 is 9.59 Å². The van der Waals surface area contributed by atoms with Crippen LogP contribution in [-0.4, -0.2) is 45.5 Å². The third-order valence-electron chi connectivity index (χ3n) is 6.16. The van der Waals surface area contributed by atoms with Crippen molar-refractivity contribution >= 4 is 52.1 Å². The highest BCUT2D eigenvalue weighted by atomic mass is 35.5. The molecule has 6 nitrogen and oxygen atoms in total. The molecule has 3 heterocycles. The van der Waals surface area contributed by atoms with Gasteiger partial charge in [0.15, 0.2) is 0 Å². The molecule has 2 aromatic carbocycles. The summed E-state index contributed by atoms with van der Waals surface area (Å²) in [7, 11) is 0. The van der Waals surface area contributed by atoms with Gasteiger partial charge in [0.05, 0.1) is 21.8 Å². The predicted octanol–water partition coefficient (Wildman–Crippen LogP) is 4.34. The first-order valence-electron chi connectivity index (χ1n) is 10.0. The molecular formula is C23H20Cl2N4O2. The Hall–Kier alpha value is -2.83. The zero-order valence-corrected chi connectivity index (χ0v) is 18.5. The average Bonchev–Trinajstić information content (AvgIpc) is 3.10. The Bertz CT molecular complexity index is 1240. The minimum atomic E-state index is -0.647. The number of fused-ring (bicyclic) bond motifs is 4. The summed E-state index contributed by atoms with van der Waals surface area (Å²) >= 11 is 12.4. The summed E-state index contributed by atoms with van der Waals surface area (Å²) < 4.78 is 0. The molecule has 0 spiro atoms. The smallest absolute Gasteiger partial charge is 0.266 e. The van der Waals surface area contributed by atoms with Gasteiger partial charge in [-0.15, -0.1) is 0 Å². The fourth-order valence-electron chi connectivity index (χ4n) is 4.73. The Morgan fingerprint density at radius 3 is 2.55 bits per heavy atom. The molecule has 0 aliphatic carbocycles. The van der Waals surface area contributed by atoms with Crippen LogP contribution in [0.3, 0.4) is 0 Å². The molecule has 0 bridgehead atoms. The topological polar surface area (TPSA) is 68.8 Å². The van der Waals surface area contributed by atoms with Crippen LogP contribution in [0.5, 0.6) is 0 Å². The van der Waals surface area contributed by atoms with Gasteiger partial charge >= 0.3 is 0 Å². The first-order valence-corrected chi connectivity index (χ1v) is 10.8. The maximum Gasteiger partial charge on any atom is 0.266 e. The predicted molar refractivity (Wildman–Crippen MR) is 121 cm³/mol. The molecule has 3 aromatic rings. The number of amides is 2. The fraction of sp³-hybridized carbons (Fsp3) is 0.261. The Morgan fingerprint density at radius 1 is 1.10 bits per heavy atom. The molecule has 0 saturated carbocycles. The number of hydrogen-bond acceptors (Lipinski definition) is 3. The molecule has 1 saturated heterocycles. The SMILES string of the molecule is CC1(C)c2[nH]c3ccccc3c2C[C@H]2C(=O)N(/N=C\c3c(Cl)cccc3Cl)CC(=O)N21. The number of benzene rings is 2. The number of aromatic nitrogens is 1. The Balaban J connectivity index is 1.53. The lowest BCUT2D eigenvalue weighted by atomic mass is 9.82. The van der Waals surface area contributed by atoms with Crippen LogP contribution in [0.2, 0.25) is 10.0 Å². The van der Waals surface area contributed by atoms with E-state index >= 15 is 0 Å². The van der Waals surface area contributed by atoms with Gasteiger partial charge in [0.2, 0.25) is 5.91 Å².